The predicted octanol–water partition coefficient (Wildman–Crippen LogP) is 2.18. The van der Waals surface area contributed by atoms with Crippen LogP contribution in [0.25, 0.3) is 11.4 Å². The molecule has 1 saturated heterocycles. The molecule has 168 valence electrons. The SMILES string of the molecule is Cc1cccc(N2CCN(S(=O)(=O)CC(=O)Nc3cccc(-c4n[nH]c(C)n4)c3)CC2)c1. The average molecular weight is 455 g/mol. The molecule has 0 unspecified atom stereocenters. The maximum Gasteiger partial charge on any atom is 0.241 e. The van der Waals surface area contributed by atoms with Crippen molar-refractivity contribution in [2.45, 2.75) is 13.8 Å². The molecule has 3 aromatic rings. The van der Waals surface area contributed by atoms with Crippen molar-refractivity contribution in [2.24, 2.45) is 0 Å². The second-order valence-corrected chi connectivity index (χ2v) is 9.82. The Labute approximate surface area is 187 Å². The van der Waals surface area contributed by atoms with Crippen LogP contribution in [-0.2, 0) is 14.8 Å². The number of benzene rings is 2. The summed E-state index contributed by atoms with van der Waals surface area (Å²) in [6, 6.07) is 15.1. The third-order valence-electron chi connectivity index (χ3n) is 5.31. The molecule has 1 amide bonds. The van der Waals surface area contributed by atoms with Crippen LogP contribution >= 0.6 is 0 Å². The molecule has 1 aliphatic heterocycles. The van der Waals surface area contributed by atoms with E-state index >= 15 is 0 Å². The topological polar surface area (TPSA) is 111 Å². The van der Waals surface area contributed by atoms with Gasteiger partial charge in [-0.2, -0.15) is 9.40 Å². The van der Waals surface area contributed by atoms with Crippen LogP contribution in [0.4, 0.5) is 11.4 Å². The first-order valence-electron chi connectivity index (χ1n) is 10.4. The van der Waals surface area contributed by atoms with Gasteiger partial charge in [0.1, 0.15) is 11.6 Å². The summed E-state index contributed by atoms with van der Waals surface area (Å²) in [4.78, 5) is 18.9. The maximum absolute atomic E-state index is 12.8. The molecule has 0 bridgehead atoms. The molecule has 0 atom stereocenters. The van der Waals surface area contributed by atoms with Gasteiger partial charge in [0.05, 0.1) is 0 Å². The molecule has 4 rings (SSSR count). The number of nitrogens with zero attached hydrogens (tertiary/aromatic N) is 4. The van der Waals surface area contributed by atoms with E-state index < -0.39 is 21.7 Å². The fourth-order valence-corrected chi connectivity index (χ4v) is 5.02. The summed E-state index contributed by atoms with van der Waals surface area (Å²) in [5, 5.41) is 9.55. The van der Waals surface area contributed by atoms with Gasteiger partial charge < -0.3 is 10.2 Å². The van der Waals surface area contributed by atoms with E-state index in [1.807, 2.05) is 31.2 Å². The van der Waals surface area contributed by atoms with Crippen molar-refractivity contribution in [3.63, 3.8) is 0 Å². The third kappa shape index (κ3) is 5.14. The molecule has 2 heterocycles. The first kappa shape index (κ1) is 22.0. The quantitative estimate of drug-likeness (QED) is 0.591. The Bertz CT molecular complexity index is 1220. The number of H-pyrrole nitrogens is 1. The van der Waals surface area contributed by atoms with E-state index in [2.05, 4.69) is 31.5 Å². The normalized spacial score (nSPS) is 15.0. The number of carbonyl (C=O) groups excluding carboxylic acids is 1. The Hall–Kier alpha value is -3.24. The number of anilines is 2. The van der Waals surface area contributed by atoms with Gasteiger partial charge in [-0.25, -0.2) is 13.4 Å². The molecular formula is C22H26N6O3S. The standard InChI is InChI=1S/C22H26N6O3S/c1-16-5-3-8-20(13-16)27-9-11-28(12-10-27)32(30,31)15-21(29)24-19-7-4-6-18(14-19)22-23-17(2)25-26-22/h3-8,13-14H,9-12,15H2,1-2H3,(H,24,29)(H,23,25,26). The zero-order valence-corrected chi connectivity index (χ0v) is 18.9. The van der Waals surface area contributed by atoms with Gasteiger partial charge in [-0.3, -0.25) is 9.89 Å². The van der Waals surface area contributed by atoms with E-state index in [4.69, 9.17) is 0 Å². The highest BCUT2D eigenvalue weighted by molar-refractivity contribution is 7.89. The molecule has 1 aromatic heterocycles. The number of sulfonamides is 1. The van der Waals surface area contributed by atoms with Gasteiger partial charge in [0.25, 0.3) is 0 Å². The van der Waals surface area contributed by atoms with E-state index in [9.17, 15) is 13.2 Å². The first-order valence-corrected chi connectivity index (χ1v) is 12.0. The molecule has 0 aliphatic carbocycles. The third-order valence-corrected chi connectivity index (χ3v) is 7.09. The fraction of sp³-hybridized carbons (Fsp3) is 0.318. The Morgan fingerprint density at radius 1 is 1.06 bits per heavy atom. The van der Waals surface area contributed by atoms with Crippen molar-refractivity contribution in [1.29, 1.82) is 0 Å². The van der Waals surface area contributed by atoms with Crippen LogP contribution in [0.5, 0.6) is 0 Å². The number of hydrogen-bond donors (Lipinski definition) is 2. The van der Waals surface area contributed by atoms with Gasteiger partial charge in [-0.15, -0.1) is 0 Å². The number of amides is 1. The van der Waals surface area contributed by atoms with Crippen LogP contribution < -0.4 is 10.2 Å². The minimum atomic E-state index is -3.71. The minimum Gasteiger partial charge on any atom is -0.369 e. The smallest absolute Gasteiger partial charge is 0.241 e. The summed E-state index contributed by atoms with van der Waals surface area (Å²) >= 11 is 0. The van der Waals surface area contributed by atoms with Crippen molar-refractivity contribution in [3.8, 4) is 11.4 Å². The number of aromatic nitrogens is 3. The average Bonchev–Trinajstić information content (AvgIpc) is 3.20. The van der Waals surface area contributed by atoms with Crippen molar-refractivity contribution in [2.75, 3.05) is 42.1 Å². The number of aryl methyl sites for hydroxylation is 2. The summed E-state index contributed by atoms with van der Waals surface area (Å²) in [5.74, 6) is 0.0247. The fourth-order valence-electron chi connectivity index (χ4n) is 3.71. The highest BCUT2D eigenvalue weighted by Gasteiger charge is 2.29. The van der Waals surface area contributed by atoms with Crippen LogP contribution in [0.15, 0.2) is 48.5 Å². The number of rotatable bonds is 6. The van der Waals surface area contributed by atoms with Gasteiger partial charge in [-0.1, -0.05) is 24.3 Å². The molecule has 1 aliphatic rings. The van der Waals surface area contributed by atoms with Gasteiger partial charge in [0.2, 0.25) is 15.9 Å². The lowest BCUT2D eigenvalue weighted by atomic mass is 10.2. The van der Waals surface area contributed by atoms with Gasteiger partial charge in [-0.05, 0) is 43.7 Å². The molecule has 1 fully saturated rings. The molecule has 10 heteroatoms. The first-order chi connectivity index (χ1) is 15.3. The number of nitrogens with one attached hydrogen (secondary N) is 2. The van der Waals surface area contributed by atoms with Crippen molar-refractivity contribution < 1.29 is 13.2 Å². The van der Waals surface area contributed by atoms with Gasteiger partial charge in [0, 0.05) is 43.1 Å². The number of carbonyl (C=O) groups is 1. The van der Waals surface area contributed by atoms with E-state index in [1.165, 1.54) is 4.31 Å². The van der Waals surface area contributed by atoms with Crippen LogP contribution in [0.1, 0.15) is 11.4 Å². The highest BCUT2D eigenvalue weighted by atomic mass is 32.2. The lowest BCUT2D eigenvalue weighted by molar-refractivity contribution is -0.113. The Balaban J connectivity index is 1.35. The summed E-state index contributed by atoms with van der Waals surface area (Å²) in [6.45, 7) is 5.70. The Morgan fingerprint density at radius 3 is 2.50 bits per heavy atom. The summed E-state index contributed by atoms with van der Waals surface area (Å²) in [5.41, 5.74) is 3.47. The van der Waals surface area contributed by atoms with Crippen LogP contribution in [0.3, 0.4) is 0 Å². The number of piperazine rings is 1. The molecule has 0 spiro atoms. The lowest BCUT2D eigenvalue weighted by Crippen LogP contribution is -2.50. The zero-order chi connectivity index (χ0) is 22.7. The lowest BCUT2D eigenvalue weighted by Gasteiger charge is -2.35. The molecule has 2 N–H and O–H groups in total. The van der Waals surface area contributed by atoms with Crippen LogP contribution in [-0.4, -0.2) is 65.7 Å². The number of aromatic amines is 1. The molecular weight excluding hydrogens is 428 g/mol. The number of hydrogen-bond acceptors (Lipinski definition) is 6. The largest absolute Gasteiger partial charge is 0.369 e. The second kappa shape index (κ2) is 9.09. The monoisotopic (exact) mass is 454 g/mol. The Morgan fingerprint density at radius 2 is 1.81 bits per heavy atom. The van der Waals surface area contributed by atoms with Crippen molar-refractivity contribution >= 4 is 27.3 Å². The van der Waals surface area contributed by atoms with E-state index in [0.29, 0.717) is 43.5 Å². The molecule has 2 aromatic carbocycles. The summed E-state index contributed by atoms with van der Waals surface area (Å²) in [6.07, 6.45) is 0. The summed E-state index contributed by atoms with van der Waals surface area (Å²) in [7, 11) is -3.71. The van der Waals surface area contributed by atoms with Crippen molar-refractivity contribution in [3.05, 3.63) is 59.9 Å². The molecule has 32 heavy (non-hydrogen) atoms. The highest BCUT2D eigenvalue weighted by Crippen LogP contribution is 2.21. The van der Waals surface area contributed by atoms with E-state index in [-0.39, 0.29) is 0 Å². The second-order valence-electron chi connectivity index (χ2n) is 7.85. The van der Waals surface area contributed by atoms with Crippen LogP contribution in [0, 0.1) is 13.8 Å². The van der Waals surface area contributed by atoms with Gasteiger partial charge >= 0.3 is 0 Å². The Kier molecular flexibility index (Phi) is 6.24. The van der Waals surface area contributed by atoms with Crippen molar-refractivity contribution in [1.82, 2.24) is 19.5 Å². The maximum atomic E-state index is 12.8. The predicted molar refractivity (Wildman–Crippen MR) is 124 cm³/mol. The zero-order valence-electron chi connectivity index (χ0n) is 18.1. The van der Waals surface area contributed by atoms with E-state index in [0.717, 1.165) is 16.8 Å². The molecule has 0 radical (unpaired) electrons. The molecule has 9 nitrogen and oxygen atoms in total. The minimum absolute atomic E-state index is 0.350. The van der Waals surface area contributed by atoms with E-state index in [1.54, 1.807) is 25.1 Å². The molecule has 0 saturated carbocycles. The van der Waals surface area contributed by atoms with Gasteiger partial charge in [0.15, 0.2) is 5.82 Å². The summed E-state index contributed by atoms with van der Waals surface area (Å²) < 4.78 is 27.0. The van der Waals surface area contributed by atoms with Crippen LogP contribution in [0.2, 0.25) is 0 Å².